The quantitative estimate of drug-likeness (QED) is 0.721. The Balaban J connectivity index is 1.28. The Kier molecular flexibility index (Phi) is 6.44. The normalized spacial score (nSPS) is 19.7. The summed E-state index contributed by atoms with van der Waals surface area (Å²) < 4.78 is 5.47. The largest absolute Gasteiger partial charge is 0.480 e. The van der Waals surface area contributed by atoms with Gasteiger partial charge >= 0.3 is 12.1 Å². The lowest BCUT2D eigenvalue weighted by Crippen LogP contribution is -2.50. The van der Waals surface area contributed by atoms with Gasteiger partial charge in [0.2, 0.25) is 5.91 Å². The fourth-order valence-corrected chi connectivity index (χ4v) is 4.74. The number of nitrogens with one attached hydrogen (secondary N) is 1. The number of hydrogen-bond acceptors (Lipinski definition) is 4. The van der Waals surface area contributed by atoms with Crippen molar-refractivity contribution in [2.75, 3.05) is 19.7 Å². The van der Waals surface area contributed by atoms with Gasteiger partial charge in [-0.05, 0) is 41.0 Å². The first-order valence-electron chi connectivity index (χ1n) is 11.1. The van der Waals surface area contributed by atoms with Crippen molar-refractivity contribution in [3.63, 3.8) is 0 Å². The Hall–Kier alpha value is -3.35. The maximum Gasteiger partial charge on any atom is 0.407 e. The smallest absolute Gasteiger partial charge is 0.407 e. The lowest BCUT2D eigenvalue weighted by atomic mass is 9.92. The molecule has 0 saturated carbocycles. The zero-order valence-corrected chi connectivity index (χ0v) is 18.1. The summed E-state index contributed by atoms with van der Waals surface area (Å²) >= 11 is 0. The molecule has 1 fully saturated rings. The number of alkyl carbamates (subject to hydrolysis) is 1. The van der Waals surface area contributed by atoms with Gasteiger partial charge in [0.05, 0.1) is 0 Å². The number of carboxylic acid groups (broad SMARTS) is 1. The van der Waals surface area contributed by atoms with Crippen molar-refractivity contribution in [2.24, 2.45) is 5.92 Å². The molecule has 2 aromatic rings. The van der Waals surface area contributed by atoms with Crippen LogP contribution in [-0.2, 0) is 14.3 Å². The van der Waals surface area contributed by atoms with Crippen molar-refractivity contribution < 1.29 is 24.2 Å². The molecule has 7 nitrogen and oxygen atoms in total. The fourth-order valence-electron chi connectivity index (χ4n) is 4.74. The first-order chi connectivity index (χ1) is 15.5. The Morgan fingerprint density at radius 2 is 1.69 bits per heavy atom. The number of aliphatic carboxylic acids is 1. The van der Waals surface area contributed by atoms with Crippen LogP contribution in [0.4, 0.5) is 4.79 Å². The highest BCUT2D eigenvalue weighted by atomic mass is 16.5. The molecular weight excluding hydrogens is 408 g/mol. The van der Waals surface area contributed by atoms with E-state index in [1.165, 1.54) is 4.90 Å². The number of amides is 2. The Morgan fingerprint density at radius 1 is 1.06 bits per heavy atom. The van der Waals surface area contributed by atoms with E-state index >= 15 is 0 Å². The molecule has 2 aromatic carbocycles. The number of hydrogen-bond donors (Lipinski definition) is 2. The van der Waals surface area contributed by atoms with E-state index in [1.807, 2.05) is 31.2 Å². The molecule has 2 unspecified atom stereocenters. The third-order valence-electron chi connectivity index (χ3n) is 6.42. The lowest BCUT2D eigenvalue weighted by molar-refractivity contribution is -0.153. The second kappa shape index (κ2) is 9.42. The summed E-state index contributed by atoms with van der Waals surface area (Å²) in [5.41, 5.74) is 4.59. The molecule has 1 aliphatic heterocycles. The average molecular weight is 437 g/mol. The van der Waals surface area contributed by atoms with E-state index in [-0.39, 0.29) is 37.3 Å². The molecule has 0 aromatic heterocycles. The van der Waals surface area contributed by atoms with Gasteiger partial charge < -0.3 is 20.1 Å². The van der Waals surface area contributed by atoms with E-state index in [4.69, 9.17) is 4.74 Å². The van der Waals surface area contributed by atoms with Crippen LogP contribution in [0.5, 0.6) is 0 Å². The third kappa shape index (κ3) is 4.47. The molecule has 1 saturated heterocycles. The molecule has 0 bridgehead atoms. The summed E-state index contributed by atoms with van der Waals surface area (Å²) in [7, 11) is 0. The van der Waals surface area contributed by atoms with Crippen molar-refractivity contribution in [2.45, 2.75) is 38.1 Å². The van der Waals surface area contributed by atoms with Gasteiger partial charge in [-0.3, -0.25) is 4.79 Å². The maximum absolute atomic E-state index is 12.5. The van der Waals surface area contributed by atoms with Crippen molar-refractivity contribution in [3.8, 4) is 11.1 Å². The van der Waals surface area contributed by atoms with Crippen LogP contribution in [-0.4, -0.2) is 53.7 Å². The number of likely N-dealkylation sites (tertiary alicyclic amines) is 1. The van der Waals surface area contributed by atoms with Crippen molar-refractivity contribution in [3.05, 3.63) is 59.7 Å². The molecule has 0 radical (unpaired) electrons. The molecule has 2 atom stereocenters. The minimum Gasteiger partial charge on any atom is -0.480 e. The zero-order chi connectivity index (χ0) is 22.7. The van der Waals surface area contributed by atoms with Gasteiger partial charge in [0.25, 0.3) is 0 Å². The van der Waals surface area contributed by atoms with Crippen molar-refractivity contribution in [1.82, 2.24) is 10.2 Å². The zero-order valence-electron chi connectivity index (χ0n) is 18.1. The summed E-state index contributed by atoms with van der Waals surface area (Å²) in [6.07, 6.45) is 0.708. The van der Waals surface area contributed by atoms with E-state index < -0.39 is 18.1 Å². The SMILES string of the molecule is CC1CCN(C(=O)CCNC(=O)OCC2c3ccccc3-c3ccccc32)C(C(=O)O)C1. The second-order valence-corrected chi connectivity index (χ2v) is 8.57. The summed E-state index contributed by atoms with van der Waals surface area (Å²) in [6.45, 7) is 2.74. The lowest BCUT2D eigenvalue weighted by Gasteiger charge is -2.36. The van der Waals surface area contributed by atoms with Gasteiger partial charge in [-0.25, -0.2) is 9.59 Å². The molecule has 4 rings (SSSR count). The standard InChI is InChI=1S/C25H28N2O5/c1-16-11-13-27(22(14-16)24(29)30)23(28)10-12-26-25(31)32-15-21-19-8-4-2-6-17(19)18-7-3-5-9-20(18)21/h2-9,16,21-22H,10-15H2,1H3,(H,26,31)(H,29,30). The summed E-state index contributed by atoms with van der Waals surface area (Å²) in [5.74, 6) is -0.988. The first kappa shape index (κ1) is 21.9. The monoisotopic (exact) mass is 436 g/mol. The number of benzene rings is 2. The predicted octanol–water partition coefficient (Wildman–Crippen LogP) is 3.63. The number of rotatable bonds is 6. The highest BCUT2D eigenvalue weighted by Crippen LogP contribution is 2.44. The van der Waals surface area contributed by atoms with Crippen LogP contribution in [0.25, 0.3) is 11.1 Å². The summed E-state index contributed by atoms with van der Waals surface area (Å²) in [6, 6.07) is 15.4. The van der Waals surface area contributed by atoms with Gasteiger partial charge in [-0.15, -0.1) is 0 Å². The van der Waals surface area contributed by atoms with Crippen LogP contribution >= 0.6 is 0 Å². The molecule has 2 aliphatic rings. The van der Waals surface area contributed by atoms with Crippen molar-refractivity contribution in [1.29, 1.82) is 0 Å². The topological polar surface area (TPSA) is 95.9 Å². The number of carbonyl (C=O) groups is 3. The van der Waals surface area contributed by atoms with Crippen LogP contribution in [0.1, 0.15) is 43.2 Å². The Labute approximate surface area is 187 Å². The summed E-state index contributed by atoms with van der Waals surface area (Å²) in [4.78, 5) is 37.7. The number of piperidine rings is 1. The van der Waals surface area contributed by atoms with E-state index in [9.17, 15) is 19.5 Å². The number of nitrogens with zero attached hydrogens (tertiary/aromatic N) is 1. The van der Waals surface area contributed by atoms with E-state index in [0.29, 0.717) is 13.0 Å². The minimum absolute atomic E-state index is 0.0264. The van der Waals surface area contributed by atoms with Gasteiger partial charge in [-0.1, -0.05) is 55.5 Å². The van der Waals surface area contributed by atoms with Crippen molar-refractivity contribution >= 4 is 18.0 Å². The van der Waals surface area contributed by atoms with E-state index in [0.717, 1.165) is 28.7 Å². The highest BCUT2D eigenvalue weighted by Gasteiger charge is 2.34. The second-order valence-electron chi connectivity index (χ2n) is 8.57. The van der Waals surface area contributed by atoms with Gasteiger partial charge in [-0.2, -0.15) is 0 Å². The summed E-state index contributed by atoms with van der Waals surface area (Å²) in [5, 5.41) is 12.0. The van der Waals surface area contributed by atoms with Crippen LogP contribution in [0, 0.1) is 5.92 Å². The molecular formula is C25H28N2O5. The molecule has 168 valence electrons. The van der Waals surface area contributed by atoms with Crippen LogP contribution in [0.2, 0.25) is 0 Å². The number of ether oxygens (including phenoxy) is 1. The van der Waals surface area contributed by atoms with Gasteiger partial charge in [0, 0.05) is 25.4 Å². The van der Waals surface area contributed by atoms with Crippen LogP contribution in [0.3, 0.4) is 0 Å². The van der Waals surface area contributed by atoms with Crippen LogP contribution < -0.4 is 5.32 Å². The van der Waals surface area contributed by atoms with E-state index in [1.54, 1.807) is 0 Å². The molecule has 32 heavy (non-hydrogen) atoms. The average Bonchev–Trinajstić information content (AvgIpc) is 3.11. The van der Waals surface area contributed by atoms with Gasteiger partial charge in [0.15, 0.2) is 0 Å². The number of carbonyl (C=O) groups excluding carboxylic acids is 2. The molecule has 1 heterocycles. The van der Waals surface area contributed by atoms with E-state index in [2.05, 4.69) is 29.6 Å². The van der Waals surface area contributed by atoms with Crippen LogP contribution in [0.15, 0.2) is 48.5 Å². The van der Waals surface area contributed by atoms with Gasteiger partial charge in [0.1, 0.15) is 12.6 Å². The minimum atomic E-state index is -0.977. The Bertz CT molecular complexity index is 975. The molecule has 7 heteroatoms. The number of carboxylic acids is 1. The Morgan fingerprint density at radius 3 is 2.31 bits per heavy atom. The maximum atomic E-state index is 12.5. The molecule has 0 spiro atoms. The third-order valence-corrected chi connectivity index (χ3v) is 6.42. The first-order valence-corrected chi connectivity index (χ1v) is 11.1. The molecule has 2 N–H and O–H groups in total. The predicted molar refractivity (Wildman–Crippen MR) is 119 cm³/mol. The highest BCUT2D eigenvalue weighted by molar-refractivity contribution is 5.84. The molecule has 1 aliphatic carbocycles. The molecule has 2 amide bonds. The number of fused-ring (bicyclic) bond motifs is 3. The fraction of sp³-hybridized carbons (Fsp3) is 0.400.